The molecule has 1 aromatic carbocycles. The highest BCUT2D eigenvalue weighted by atomic mass is 16.3. The molecule has 1 aliphatic rings. The van der Waals surface area contributed by atoms with Crippen molar-refractivity contribution < 1.29 is 10.2 Å². The molecule has 136 valence electrons. The molecule has 0 saturated carbocycles. The molecule has 3 aromatic rings. The van der Waals surface area contributed by atoms with E-state index >= 15 is 0 Å². The maximum atomic E-state index is 13.0. The first-order valence-corrected chi connectivity index (χ1v) is 8.81. The second-order valence-electron chi connectivity index (χ2n) is 6.68. The van der Waals surface area contributed by atoms with Crippen LogP contribution in [0.4, 0.5) is 0 Å². The van der Waals surface area contributed by atoms with E-state index in [-0.39, 0.29) is 17.5 Å². The van der Waals surface area contributed by atoms with Gasteiger partial charge in [0.25, 0.3) is 5.56 Å². The number of hydrogen-bond donors (Lipinski definition) is 2. The second-order valence-corrected chi connectivity index (χ2v) is 6.68. The van der Waals surface area contributed by atoms with Gasteiger partial charge in [0, 0.05) is 16.5 Å². The van der Waals surface area contributed by atoms with Crippen LogP contribution in [0.2, 0.25) is 0 Å². The maximum Gasteiger partial charge on any atom is 0.257 e. The Morgan fingerprint density at radius 3 is 2.81 bits per heavy atom. The zero-order valence-corrected chi connectivity index (χ0v) is 15.0. The molecule has 0 unspecified atom stereocenters. The van der Waals surface area contributed by atoms with Crippen molar-refractivity contribution in [1.82, 2.24) is 9.55 Å². The Balaban J connectivity index is 2.03. The lowest BCUT2D eigenvalue weighted by Crippen LogP contribution is -2.32. The third-order valence-electron chi connectivity index (χ3n) is 5.18. The van der Waals surface area contributed by atoms with Gasteiger partial charge in [-0.25, -0.2) is 4.98 Å². The minimum Gasteiger partial charge on any atom is -0.393 e. The molecule has 4 rings (SSSR count). The van der Waals surface area contributed by atoms with Crippen LogP contribution >= 0.6 is 0 Å². The summed E-state index contributed by atoms with van der Waals surface area (Å²) in [4.78, 5) is 17.8. The number of aromatic nitrogens is 2. The zero-order chi connectivity index (χ0) is 19.2. The monoisotopic (exact) mass is 359 g/mol. The number of para-hydroxylation sites is 1. The van der Waals surface area contributed by atoms with Crippen molar-refractivity contribution in [1.29, 1.82) is 0 Å². The number of fused-ring (bicyclic) bond motifs is 4. The molecule has 0 fully saturated rings. The van der Waals surface area contributed by atoms with Gasteiger partial charge in [-0.3, -0.25) is 16.6 Å². The van der Waals surface area contributed by atoms with E-state index in [1.165, 1.54) is 0 Å². The SMILES string of the molecule is [CH2-]C#C[C@](O)(CC)c1cc2n(c(=O)c1CO)Cc1cc3ccccc3nc1-2. The fourth-order valence-corrected chi connectivity index (χ4v) is 3.73. The molecule has 0 radical (unpaired) electrons. The summed E-state index contributed by atoms with van der Waals surface area (Å²) in [6, 6.07) is 11.5. The van der Waals surface area contributed by atoms with E-state index in [4.69, 9.17) is 4.98 Å². The Hall–Kier alpha value is -3.07. The van der Waals surface area contributed by atoms with Gasteiger partial charge in [0.1, 0.15) is 0 Å². The first-order valence-electron chi connectivity index (χ1n) is 8.81. The molecule has 0 bridgehead atoms. The first-order chi connectivity index (χ1) is 13.0. The molecule has 1 atom stereocenters. The van der Waals surface area contributed by atoms with Crippen molar-refractivity contribution in [2.24, 2.45) is 0 Å². The average molecular weight is 359 g/mol. The predicted octanol–water partition coefficient (Wildman–Crippen LogP) is 2.35. The summed E-state index contributed by atoms with van der Waals surface area (Å²) in [6.07, 6.45) is 0.267. The lowest BCUT2D eigenvalue weighted by molar-refractivity contribution is 0.0927. The molecule has 0 saturated heterocycles. The van der Waals surface area contributed by atoms with Crippen molar-refractivity contribution in [2.75, 3.05) is 0 Å². The summed E-state index contributed by atoms with van der Waals surface area (Å²) >= 11 is 0. The topological polar surface area (TPSA) is 75.4 Å². The van der Waals surface area contributed by atoms with E-state index in [2.05, 4.69) is 18.8 Å². The summed E-state index contributed by atoms with van der Waals surface area (Å²) in [5.74, 6) is 5.17. The van der Waals surface area contributed by atoms with Crippen molar-refractivity contribution >= 4 is 10.9 Å². The van der Waals surface area contributed by atoms with Crippen molar-refractivity contribution in [3.05, 3.63) is 70.4 Å². The molecule has 0 spiro atoms. The largest absolute Gasteiger partial charge is 0.393 e. The third-order valence-corrected chi connectivity index (χ3v) is 5.18. The Bertz CT molecular complexity index is 1180. The number of aliphatic hydroxyl groups is 2. The third kappa shape index (κ3) is 2.54. The predicted molar refractivity (Wildman–Crippen MR) is 104 cm³/mol. The molecule has 3 heterocycles. The number of aliphatic hydroxyl groups excluding tert-OH is 1. The quantitative estimate of drug-likeness (QED) is 0.435. The summed E-state index contributed by atoms with van der Waals surface area (Å²) in [6.45, 7) is 5.18. The van der Waals surface area contributed by atoms with E-state index in [0.29, 0.717) is 17.8 Å². The van der Waals surface area contributed by atoms with Crippen LogP contribution in [0.3, 0.4) is 0 Å². The molecule has 2 aromatic heterocycles. The Kier molecular flexibility index (Phi) is 4.03. The molecule has 5 heteroatoms. The second kappa shape index (κ2) is 6.27. The number of pyridine rings is 2. The van der Waals surface area contributed by atoms with Gasteiger partial charge in [-0.1, -0.05) is 25.1 Å². The zero-order valence-electron chi connectivity index (χ0n) is 15.0. The Labute approximate surface area is 156 Å². The van der Waals surface area contributed by atoms with Crippen LogP contribution in [-0.2, 0) is 18.8 Å². The molecule has 1 aliphatic heterocycles. The number of hydrogen-bond acceptors (Lipinski definition) is 4. The van der Waals surface area contributed by atoms with Gasteiger partial charge in [0.15, 0.2) is 0 Å². The van der Waals surface area contributed by atoms with E-state index in [0.717, 1.165) is 22.2 Å². The summed E-state index contributed by atoms with van der Waals surface area (Å²) in [5, 5.41) is 21.8. The van der Waals surface area contributed by atoms with Gasteiger partial charge in [-0.15, -0.1) is 0 Å². The molecular weight excluding hydrogens is 340 g/mol. The molecule has 2 N–H and O–H groups in total. The molecule has 5 nitrogen and oxygen atoms in total. The van der Waals surface area contributed by atoms with Gasteiger partial charge in [-0.05, 0) is 30.2 Å². The van der Waals surface area contributed by atoms with Crippen LogP contribution in [0, 0.1) is 18.8 Å². The van der Waals surface area contributed by atoms with E-state index in [1.54, 1.807) is 17.6 Å². The van der Waals surface area contributed by atoms with Crippen LogP contribution in [0.1, 0.15) is 30.0 Å². The molecule has 0 amide bonds. The van der Waals surface area contributed by atoms with E-state index < -0.39 is 12.2 Å². The fraction of sp³-hybridized carbons (Fsp3) is 0.227. The highest BCUT2D eigenvalue weighted by Gasteiger charge is 2.30. The minimum atomic E-state index is -1.55. The van der Waals surface area contributed by atoms with Gasteiger partial charge >= 0.3 is 0 Å². The van der Waals surface area contributed by atoms with Crippen LogP contribution in [0.5, 0.6) is 0 Å². The number of nitrogens with zero attached hydrogens (tertiary/aromatic N) is 2. The highest BCUT2D eigenvalue weighted by molar-refractivity contribution is 5.84. The van der Waals surface area contributed by atoms with Crippen LogP contribution in [0.15, 0.2) is 41.2 Å². The number of benzene rings is 1. The first kappa shape index (κ1) is 17.3. The van der Waals surface area contributed by atoms with Gasteiger partial charge in [0.05, 0.1) is 35.7 Å². The average Bonchev–Trinajstić information content (AvgIpc) is 3.04. The van der Waals surface area contributed by atoms with Crippen LogP contribution in [-0.4, -0.2) is 19.8 Å². The van der Waals surface area contributed by atoms with Crippen molar-refractivity contribution in [3.8, 4) is 23.2 Å². The van der Waals surface area contributed by atoms with E-state index in [1.807, 2.05) is 30.3 Å². The van der Waals surface area contributed by atoms with Gasteiger partial charge < -0.3 is 14.8 Å². The smallest absolute Gasteiger partial charge is 0.257 e. The van der Waals surface area contributed by atoms with E-state index in [9.17, 15) is 15.0 Å². The minimum absolute atomic E-state index is 0.156. The maximum absolute atomic E-state index is 13.0. The summed E-state index contributed by atoms with van der Waals surface area (Å²) < 4.78 is 1.60. The Morgan fingerprint density at radius 2 is 2.11 bits per heavy atom. The van der Waals surface area contributed by atoms with Gasteiger partial charge in [-0.2, -0.15) is 6.92 Å². The highest BCUT2D eigenvalue weighted by Crippen LogP contribution is 2.35. The van der Waals surface area contributed by atoms with Crippen molar-refractivity contribution in [3.63, 3.8) is 0 Å². The number of rotatable bonds is 3. The van der Waals surface area contributed by atoms with Crippen molar-refractivity contribution in [2.45, 2.75) is 32.1 Å². The molecule has 0 aliphatic carbocycles. The normalized spacial score (nSPS) is 14.2. The summed E-state index contributed by atoms with van der Waals surface area (Å²) in [5.41, 5.74) is 1.73. The lowest BCUT2D eigenvalue weighted by atomic mass is 9.88. The van der Waals surface area contributed by atoms with Crippen LogP contribution < -0.4 is 5.56 Å². The van der Waals surface area contributed by atoms with Gasteiger partial charge in [0.2, 0.25) is 0 Å². The lowest BCUT2D eigenvalue weighted by Gasteiger charge is -2.29. The summed E-state index contributed by atoms with van der Waals surface area (Å²) in [7, 11) is 0. The molecular formula is C22H19N2O3-. The Morgan fingerprint density at radius 1 is 1.33 bits per heavy atom. The molecule has 27 heavy (non-hydrogen) atoms. The van der Waals surface area contributed by atoms with Crippen LogP contribution in [0.25, 0.3) is 22.3 Å². The standard InChI is InChI=1S/C22H19N2O3/c1-3-9-22(27,4-2)17-11-19-20-15(12-24(19)21(26)16(17)13-25)10-14-7-5-6-8-18(14)23-20/h5-8,10-11,25,27H,1,4,12-13H2,2H3/q-1/t22-/m1/s1. The fourth-order valence-electron chi connectivity index (χ4n) is 3.73.